The first-order chi connectivity index (χ1) is 23.6. The van der Waals surface area contributed by atoms with Crippen molar-refractivity contribution in [3.8, 4) is 11.5 Å². The third-order valence-corrected chi connectivity index (χ3v) is 9.09. The van der Waals surface area contributed by atoms with E-state index in [4.69, 9.17) is 9.47 Å². The number of amides is 2. The number of ether oxygens (including phenoxy) is 2. The van der Waals surface area contributed by atoms with Gasteiger partial charge in [-0.3, -0.25) is 19.2 Å². The Balaban J connectivity index is 1.80. The Hall–Kier alpha value is -4.08. The first-order valence-corrected chi connectivity index (χ1v) is 18.3. The molecule has 0 heterocycles. The molecule has 0 aliphatic carbocycles. The maximum atomic E-state index is 12.6. The first kappa shape index (κ1) is 44.1. The van der Waals surface area contributed by atoms with Gasteiger partial charge >= 0.3 is 23.8 Å². The summed E-state index contributed by atoms with van der Waals surface area (Å²) >= 11 is 0. The molecule has 2 aromatic rings. The second-order valence-electron chi connectivity index (χ2n) is 18.1. The van der Waals surface area contributed by atoms with Crippen LogP contribution in [-0.2, 0) is 50.3 Å². The van der Waals surface area contributed by atoms with E-state index in [1.165, 1.54) is 0 Å². The van der Waals surface area contributed by atoms with Crippen LogP contribution in [0, 0.1) is 0 Å². The third-order valence-electron chi connectivity index (χ3n) is 9.09. The van der Waals surface area contributed by atoms with Crippen LogP contribution >= 0.6 is 0 Å². The van der Waals surface area contributed by atoms with Crippen LogP contribution in [0.2, 0.25) is 0 Å². The lowest BCUT2D eigenvalue weighted by molar-refractivity contribution is -0.146. The highest BCUT2D eigenvalue weighted by atomic mass is 16.5. The lowest BCUT2D eigenvalue weighted by Crippen LogP contribution is -2.42. The van der Waals surface area contributed by atoms with Gasteiger partial charge in [-0.25, -0.2) is 0 Å². The van der Waals surface area contributed by atoms with Gasteiger partial charge in [0.25, 0.3) is 0 Å². The maximum absolute atomic E-state index is 12.6. The molecule has 0 aliphatic rings. The molecule has 2 atom stereocenters. The molecule has 0 saturated carbocycles. The zero-order valence-electron chi connectivity index (χ0n) is 34.1. The SMILES string of the molecule is CC(CC(=O)OCCNC(=O)C(=O)NCCOC(=O)CC(C)c1cc(C(C)(C)C)c(O)c(C(C)(C)C)c1)c1cc(C(C)(C)C)c(O)c(C(C)(C)C)c1. The number of aromatic hydroxyl groups is 2. The average Bonchev–Trinajstić information content (AvgIpc) is 2.98. The number of hydrogen-bond acceptors (Lipinski definition) is 8. The van der Waals surface area contributed by atoms with Gasteiger partial charge < -0.3 is 30.3 Å². The van der Waals surface area contributed by atoms with Crippen molar-refractivity contribution in [1.82, 2.24) is 10.6 Å². The van der Waals surface area contributed by atoms with Crippen molar-refractivity contribution >= 4 is 23.8 Å². The van der Waals surface area contributed by atoms with Gasteiger partial charge in [-0.15, -0.1) is 0 Å². The van der Waals surface area contributed by atoms with Crippen LogP contribution in [0.5, 0.6) is 11.5 Å². The molecule has 0 fully saturated rings. The van der Waals surface area contributed by atoms with Crippen LogP contribution in [0.3, 0.4) is 0 Å². The van der Waals surface area contributed by atoms with Crippen molar-refractivity contribution in [2.75, 3.05) is 26.3 Å². The summed E-state index contributed by atoms with van der Waals surface area (Å²) in [6.07, 6.45) is 0.212. The quantitative estimate of drug-likeness (QED) is 0.101. The molecule has 2 unspecified atom stereocenters. The zero-order chi connectivity index (χ0) is 40.0. The maximum Gasteiger partial charge on any atom is 0.309 e. The molecule has 0 bridgehead atoms. The van der Waals surface area contributed by atoms with Crippen molar-refractivity contribution in [3.05, 3.63) is 57.6 Å². The van der Waals surface area contributed by atoms with E-state index in [1.807, 2.05) is 121 Å². The van der Waals surface area contributed by atoms with Crippen LogP contribution in [-0.4, -0.2) is 60.3 Å². The Morgan fingerprint density at radius 3 is 1.02 bits per heavy atom. The highest BCUT2D eigenvalue weighted by molar-refractivity contribution is 6.35. The van der Waals surface area contributed by atoms with Gasteiger partial charge in [0.15, 0.2) is 0 Å². The van der Waals surface area contributed by atoms with E-state index < -0.39 is 23.8 Å². The normalized spacial score (nSPS) is 13.6. The molecule has 0 aromatic heterocycles. The number of hydrogen-bond donors (Lipinski definition) is 4. The molecule has 0 radical (unpaired) electrons. The van der Waals surface area contributed by atoms with E-state index >= 15 is 0 Å². The van der Waals surface area contributed by atoms with Gasteiger partial charge in [-0.2, -0.15) is 0 Å². The van der Waals surface area contributed by atoms with Gasteiger partial charge in [0.2, 0.25) is 0 Å². The van der Waals surface area contributed by atoms with Crippen LogP contribution in [0.4, 0.5) is 0 Å². The molecule has 0 aliphatic heterocycles. The monoisotopic (exact) mass is 724 g/mol. The number of esters is 2. The number of phenols is 2. The minimum absolute atomic E-state index is 0.0497. The molecule has 290 valence electrons. The lowest BCUT2D eigenvalue weighted by atomic mass is 9.77. The predicted molar refractivity (Wildman–Crippen MR) is 205 cm³/mol. The molecule has 10 heteroatoms. The second-order valence-corrected chi connectivity index (χ2v) is 18.1. The Labute approximate surface area is 311 Å². The Kier molecular flexibility index (Phi) is 14.6. The van der Waals surface area contributed by atoms with E-state index in [-0.39, 0.29) is 84.1 Å². The highest BCUT2D eigenvalue weighted by Gasteiger charge is 2.29. The fourth-order valence-electron chi connectivity index (χ4n) is 5.84. The second kappa shape index (κ2) is 17.2. The Bertz CT molecular complexity index is 1410. The van der Waals surface area contributed by atoms with Crippen molar-refractivity contribution in [1.29, 1.82) is 0 Å². The van der Waals surface area contributed by atoms with Gasteiger partial charge in [-0.1, -0.05) is 121 Å². The topological polar surface area (TPSA) is 151 Å². The van der Waals surface area contributed by atoms with E-state index in [1.54, 1.807) is 0 Å². The standard InChI is InChI=1S/C42H64N2O8/c1-25(27-21-29(39(3,4)5)35(47)30(22-27)40(6,7)8)19-33(45)51-17-15-43-37(49)38(50)44-16-18-52-34(46)20-26(2)28-23-31(41(9,10)11)36(48)32(24-28)42(12,13)14/h21-26,47-48H,15-20H2,1-14H3,(H,43,49)(H,44,50). The van der Waals surface area contributed by atoms with Crippen molar-refractivity contribution in [2.45, 2.75) is 143 Å². The summed E-state index contributed by atoms with van der Waals surface area (Å²) in [6, 6.07) is 7.80. The summed E-state index contributed by atoms with van der Waals surface area (Å²) in [4.78, 5) is 49.7. The summed E-state index contributed by atoms with van der Waals surface area (Å²) < 4.78 is 10.6. The third kappa shape index (κ3) is 12.6. The summed E-state index contributed by atoms with van der Waals surface area (Å²) in [7, 11) is 0. The van der Waals surface area contributed by atoms with E-state index in [2.05, 4.69) is 10.6 Å². The highest BCUT2D eigenvalue weighted by Crippen LogP contribution is 2.43. The van der Waals surface area contributed by atoms with Crippen LogP contribution in [0.1, 0.15) is 155 Å². The minimum atomic E-state index is -0.894. The molecule has 52 heavy (non-hydrogen) atoms. The first-order valence-electron chi connectivity index (χ1n) is 18.3. The zero-order valence-corrected chi connectivity index (χ0v) is 34.1. The largest absolute Gasteiger partial charge is 0.507 e. The molecule has 4 N–H and O–H groups in total. The van der Waals surface area contributed by atoms with Gasteiger partial charge in [0, 0.05) is 0 Å². The number of carbonyl (C=O) groups excluding carboxylic acids is 4. The number of benzene rings is 2. The fraction of sp³-hybridized carbons (Fsp3) is 0.619. The van der Waals surface area contributed by atoms with Crippen molar-refractivity contribution < 1.29 is 38.9 Å². The Morgan fingerprint density at radius 1 is 0.538 bits per heavy atom. The Morgan fingerprint density at radius 2 is 0.788 bits per heavy atom. The van der Waals surface area contributed by atoms with Crippen molar-refractivity contribution in [3.63, 3.8) is 0 Å². The van der Waals surface area contributed by atoms with Crippen LogP contribution in [0.15, 0.2) is 24.3 Å². The average molecular weight is 725 g/mol. The summed E-state index contributed by atoms with van der Waals surface area (Å²) in [5.41, 5.74) is 3.95. The fourth-order valence-corrected chi connectivity index (χ4v) is 5.84. The number of rotatable bonds is 12. The van der Waals surface area contributed by atoms with E-state index in [0.29, 0.717) is 0 Å². The van der Waals surface area contributed by atoms with Crippen LogP contribution in [0.25, 0.3) is 0 Å². The summed E-state index contributed by atoms with van der Waals surface area (Å²) in [6.45, 7) is 28.0. The molecule has 2 amide bonds. The number of nitrogens with one attached hydrogen (secondary N) is 2. The van der Waals surface area contributed by atoms with Gasteiger partial charge in [-0.05, 0) is 66.9 Å². The van der Waals surface area contributed by atoms with E-state index in [0.717, 1.165) is 33.4 Å². The van der Waals surface area contributed by atoms with Crippen molar-refractivity contribution in [2.24, 2.45) is 0 Å². The van der Waals surface area contributed by atoms with Gasteiger partial charge in [0.1, 0.15) is 24.7 Å². The van der Waals surface area contributed by atoms with Crippen LogP contribution < -0.4 is 10.6 Å². The molecule has 2 aromatic carbocycles. The minimum Gasteiger partial charge on any atom is -0.507 e. The molecule has 10 nitrogen and oxygen atoms in total. The predicted octanol–water partition coefficient (Wildman–Crippen LogP) is 7.29. The number of phenolic OH excluding ortho intramolecular Hbond substituents is 2. The number of carbonyl (C=O) groups is 4. The molecular formula is C42H64N2O8. The van der Waals surface area contributed by atoms with E-state index in [9.17, 15) is 29.4 Å². The molecule has 0 saturated heterocycles. The summed E-state index contributed by atoms with van der Waals surface area (Å²) in [5, 5.41) is 26.8. The lowest BCUT2D eigenvalue weighted by Gasteiger charge is -2.29. The molecular weight excluding hydrogens is 660 g/mol. The molecule has 2 rings (SSSR count). The smallest absolute Gasteiger partial charge is 0.309 e. The summed E-state index contributed by atoms with van der Waals surface area (Å²) in [5.74, 6) is -2.48. The van der Waals surface area contributed by atoms with Gasteiger partial charge in [0.05, 0.1) is 25.9 Å². The molecule has 0 spiro atoms.